The topological polar surface area (TPSA) is 71.5 Å². The zero-order chi connectivity index (χ0) is 18.9. The molecule has 1 aliphatic rings. The van der Waals surface area contributed by atoms with Gasteiger partial charge < -0.3 is 15.0 Å². The van der Waals surface area contributed by atoms with E-state index in [9.17, 15) is 9.59 Å². The van der Waals surface area contributed by atoms with Crippen molar-refractivity contribution in [3.8, 4) is 5.75 Å². The first-order valence-corrected chi connectivity index (χ1v) is 9.41. The minimum Gasteiger partial charge on any atom is -0.483 e. The summed E-state index contributed by atoms with van der Waals surface area (Å²) < 4.78 is 5.70. The molecular formula is C21H25N3O3. The van der Waals surface area contributed by atoms with Crippen LogP contribution in [0.2, 0.25) is 0 Å². The van der Waals surface area contributed by atoms with E-state index in [4.69, 9.17) is 4.74 Å². The van der Waals surface area contributed by atoms with Crippen LogP contribution < -0.4 is 10.1 Å². The first-order valence-electron chi connectivity index (χ1n) is 9.41. The molecule has 6 nitrogen and oxygen atoms in total. The van der Waals surface area contributed by atoms with Gasteiger partial charge in [0.15, 0.2) is 6.61 Å². The molecule has 1 aliphatic heterocycles. The van der Waals surface area contributed by atoms with E-state index in [0.29, 0.717) is 17.9 Å². The fourth-order valence-corrected chi connectivity index (χ4v) is 3.11. The second kappa shape index (κ2) is 9.71. The Morgan fingerprint density at radius 3 is 2.56 bits per heavy atom. The molecule has 2 heterocycles. The molecule has 3 rings (SSSR count). The fraction of sp³-hybridized carbons (Fsp3) is 0.381. The van der Waals surface area contributed by atoms with Crippen molar-refractivity contribution in [2.45, 2.75) is 32.2 Å². The van der Waals surface area contributed by atoms with Gasteiger partial charge in [0.05, 0.1) is 5.56 Å². The highest BCUT2D eigenvalue weighted by Crippen LogP contribution is 2.18. The number of aromatic nitrogens is 1. The molecule has 142 valence electrons. The van der Waals surface area contributed by atoms with Crippen molar-refractivity contribution >= 4 is 11.8 Å². The third-order valence-electron chi connectivity index (χ3n) is 4.62. The van der Waals surface area contributed by atoms with Crippen LogP contribution in [0.25, 0.3) is 0 Å². The largest absolute Gasteiger partial charge is 0.483 e. The Balaban J connectivity index is 1.58. The maximum Gasteiger partial charge on any atom is 0.260 e. The Morgan fingerprint density at radius 2 is 1.81 bits per heavy atom. The molecule has 1 aromatic heterocycles. The van der Waals surface area contributed by atoms with Crippen molar-refractivity contribution in [2.24, 2.45) is 0 Å². The summed E-state index contributed by atoms with van der Waals surface area (Å²) in [7, 11) is 0. The Hall–Kier alpha value is -2.89. The summed E-state index contributed by atoms with van der Waals surface area (Å²) in [5.41, 5.74) is 1.34. The second-order valence-corrected chi connectivity index (χ2v) is 6.62. The molecule has 1 N–H and O–H groups in total. The van der Waals surface area contributed by atoms with Crippen molar-refractivity contribution in [1.82, 2.24) is 15.2 Å². The van der Waals surface area contributed by atoms with Gasteiger partial charge in [-0.05, 0) is 36.6 Å². The maximum absolute atomic E-state index is 12.5. The Morgan fingerprint density at radius 1 is 1.04 bits per heavy atom. The lowest BCUT2D eigenvalue weighted by Gasteiger charge is -2.20. The van der Waals surface area contributed by atoms with Gasteiger partial charge in [0.1, 0.15) is 5.75 Å². The summed E-state index contributed by atoms with van der Waals surface area (Å²) >= 11 is 0. The number of nitrogens with zero attached hydrogens (tertiary/aromatic N) is 2. The van der Waals surface area contributed by atoms with Crippen LogP contribution in [0.1, 0.15) is 41.6 Å². The van der Waals surface area contributed by atoms with Gasteiger partial charge in [-0.3, -0.25) is 14.6 Å². The minimum atomic E-state index is -0.239. The van der Waals surface area contributed by atoms with Crippen LogP contribution in [0.3, 0.4) is 0 Å². The third-order valence-corrected chi connectivity index (χ3v) is 4.62. The van der Waals surface area contributed by atoms with Crippen molar-refractivity contribution in [3.05, 3.63) is 59.9 Å². The van der Waals surface area contributed by atoms with Crippen LogP contribution >= 0.6 is 0 Å². The highest BCUT2D eigenvalue weighted by Gasteiger charge is 2.18. The molecule has 0 saturated carbocycles. The summed E-state index contributed by atoms with van der Waals surface area (Å²) in [6, 6.07) is 10.7. The molecule has 1 aromatic carbocycles. The van der Waals surface area contributed by atoms with E-state index < -0.39 is 0 Å². The van der Waals surface area contributed by atoms with E-state index in [0.717, 1.165) is 31.5 Å². The molecule has 0 radical (unpaired) electrons. The van der Waals surface area contributed by atoms with E-state index >= 15 is 0 Å². The lowest BCUT2D eigenvalue weighted by Crippen LogP contribution is -2.35. The minimum absolute atomic E-state index is 0.0255. The molecule has 0 atom stereocenters. The van der Waals surface area contributed by atoms with Gasteiger partial charge in [-0.2, -0.15) is 0 Å². The third kappa shape index (κ3) is 5.54. The van der Waals surface area contributed by atoms with Crippen LogP contribution in [-0.4, -0.2) is 41.4 Å². The number of para-hydroxylation sites is 1. The number of hydrogen-bond acceptors (Lipinski definition) is 4. The van der Waals surface area contributed by atoms with Gasteiger partial charge >= 0.3 is 0 Å². The van der Waals surface area contributed by atoms with Crippen molar-refractivity contribution in [2.75, 3.05) is 19.7 Å². The molecule has 2 amide bonds. The predicted molar refractivity (Wildman–Crippen MR) is 102 cm³/mol. The highest BCUT2D eigenvalue weighted by atomic mass is 16.5. The zero-order valence-corrected chi connectivity index (χ0v) is 15.4. The lowest BCUT2D eigenvalue weighted by molar-refractivity contribution is -0.133. The van der Waals surface area contributed by atoms with Crippen LogP contribution in [-0.2, 0) is 11.3 Å². The molecule has 1 saturated heterocycles. The van der Waals surface area contributed by atoms with E-state index in [1.165, 1.54) is 12.8 Å². The summed E-state index contributed by atoms with van der Waals surface area (Å²) in [5, 5.41) is 2.86. The van der Waals surface area contributed by atoms with Gasteiger partial charge in [-0.1, -0.05) is 31.0 Å². The lowest BCUT2D eigenvalue weighted by atomic mass is 10.2. The van der Waals surface area contributed by atoms with Crippen LogP contribution in [0, 0.1) is 0 Å². The van der Waals surface area contributed by atoms with Gasteiger partial charge in [0, 0.05) is 32.0 Å². The van der Waals surface area contributed by atoms with Gasteiger partial charge in [0.2, 0.25) is 0 Å². The monoisotopic (exact) mass is 367 g/mol. The van der Waals surface area contributed by atoms with Crippen LogP contribution in [0.5, 0.6) is 5.75 Å². The summed E-state index contributed by atoms with van der Waals surface area (Å²) in [5.74, 6) is 0.156. The van der Waals surface area contributed by atoms with E-state index in [1.54, 1.807) is 36.7 Å². The Bertz CT molecular complexity index is 756. The average Bonchev–Trinajstić information content (AvgIpc) is 3.01. The van der Waals surface area contributed by atoms with Crippen molar-refractivity contribution in [3.63, 3.8) is 0 Å². The SMILES string of the molecule is O=C(NCc1cccnc1)c1ccccc1OCC(=O)N1CCCCCC1. The smallest absolute Gasteiger partial charge is 0.260 e. The summed E-state index contributed by atoms with van der Waals surface area (Å²) in [4.78, 5) is 30.8. The highest BCUT2D eigenvalue weighted by molar-refractivity contribution is 5.97. The van der Waals surface area contributed by atoms with E-state index in [-0.39, 0.29) is 18.4 Å². The molecule has 2 aromatic rings. The number of ether oxygens (including phenoxy) is 1. The standard InChI is InChI=1S/C21H25N3O3/c25-20(24-12-5-1-2-6-13-24)16-27-19-10-4-3-9-18(19)21(26)23-15-17-8-7-11-22-14-17/h3-4,7-11,14H,1-2,5-6,12-13,15-16H2,(H,23,26). The molecule has 27 heavy (non-hydrogen) atoms. The van der Waals surface area contributed by atoms with E-state index in [1.807, 2.05) is 17.0 Å². The average molecular weight is 367 g/mol. The maximum atomic E-state index is 12.5. The molecule has 1 fully saturated rings. The number of amides is 2. The Labute approximate surface area is 159 Å². The first-order chi connectivity index (χ1) is 13.2. The molecule has 0 spiro atoms. The fourth-order valence-electron chi connectivity index (χ4n) is 3.11. The summed E-state index contributed by atoms with van der Waals surface area (Å²) in [6.45, 7) is 1.91. The second-order valence-electron chi connectivity index (χ2n) is 6.62. The number of likely N-dealkylation sites (tertiary alicyclic amines) is 1. The van der Waals surface area contributed by atoms with Gasteiger partial charge in [-0.25, -0.2) is 0 Å². The Kier molecular flexibility index (Phi) is 6.79. The van der Waals surface area contributed by atoms with Crippen molar-refractivity contribution < 1.29 is 14.3 Å². The summed E-state index contributed by atoms with van der Waals surface area (Å²) in [6.07, 6.45) is 7.83. The molecular weight excluding hydrogens is 342 g/mol. The number of hydrogen-bond donors (Lipinski definition) is 1. The number of benzene rings is 1. The quantitative estimate of drug-likeness (QED) is 0.852. The molecule has 0 aliphatic carbocycles. The van der Waals surface area contributed by atoms with Gasteiger partial charge in [-0.15, -0.1) is 0 Å². The number of nitrogens with one attached hydrogen (secondary N) is 1. The van der Waals surface area contributed by atoms with Crippen molar-refractivity contribution in [1.29, 1.82) is 0 Å². The molecule has 0 bridgehead atoms. The predicted octanol–water partition coefficient (Wildman–Crippen LogP) is 2.79. The van der Waals surface area contributed by atoms with Crippen LogP contribution in [0.4, 0.5) is 0 Å². The van der Waals surface area contributed by atoms with Crippen LogP contribution in [0.15, 0.2) is 48.8 Å². The first kappa shape index (κ1) is 18.9. The molecule has 0 unspecified atom stereocenters. The van der Waals surface area contributed by atoms with Gasteiger partial charge in [0.25, 0.3) is 11.8 Å². The number of rotatable bonds is 6. The van der Waals surface area contributed by atoms with E-state index in [2.05, 4.69) is 10.3 Å². The molecule has 6 heteroatoms. The normalized spacial score (nSPS) is 14.3. The number of carbonyl (C=O) groups excluding carboxylic acids is 2. The number of carbonyl (C=O) groups is 2. The number of pyridine rings is 1. The zero-order valence-electron chi connectivity index (χ0n) is 15.4.